The van der Waals surface area contributed by atoms with Gasteiger partial charge in [-0.1, -0.05) is 41.7 Å². The maximum absolute atomic E-state index is 14.2. The number of benzene rings is 2. The van der Waals surface area contributed by atoms with E-state index in [1.165, 1.54) is 49.0 Å². The molecule has 4 aromatic rings. The molecular formula is C30H32FN5O6S. The van der Waals surface area contributed by atoms with E-state index in [-0.39, 0.29) is 28.1 Å². The van der Waals surface area contributed by atoms with Crippen molar-refractivity contribution in [2.45, 2.75) is 52.5 Å². The number of carbonyl (C=O) groups excluding carboxylic acids is 1. The number of anilines is 1. The first-order valence-electron chi connectivity index (χ1n) is 13.2. The van der Waals surface area contributed by atoms with Crippen LogP contribution in [0.3, 0.4) is 0 Å². The van der Waals surface area contributed by atoms with E-state index in [0.717, 1.165) is 27.5 Å². The summed E-state index contributed by atoms with van der Waals surface area (Å²) in [6.45, 7) is 9.22. The number of hydrazone groups is 2. The van der Waals surface area contributed by atoms with E-state index < -0.39 is 41.2 Å². The number of nitrogens with zero attached hydrogens (tertiary/aromatic N) is 5. The molecular weight excluding hydrogens is 577 g/mol. The van der Waals surface area contributed by atoms with Crippen LogP contribution in [0.4, 0.5) is 9.39 Å². The Morgan fingerprint density at radius 1 is 1.23 bits per heavy atom. The van der Waals surface area contributed by atoms with Gasteiger partial charge in [0.15, 0.2) is 0 Å². The lowest BCUT2D eigenvalue weighted by atomic mass is 10.0. The van der Waals surface area contributed by atoms with Crippen molar-refractivity contribution in [1.29, 1.82) is 0 Å². The highest BCUT2D eigenvalue weighted by atomic mass is 32.1. The molecule has 2 heterocycles. The van der Waals surface area contributed by atoms with Gasteiger partial charge in [-0.05, 0) is 51.5 Å². The molecule has 226 valence electrons. The van der Waals surface area contributed by atoms with Gasteiger partial charge < -0.3 is 14.6 Å². The predicted molar refractivity (Wildman–Crippen MR) is 165 cm³/mol. The number of aliphatic hydroxyl groups is 1. The number of hydrogen-bond acceptors (Lipinski definition) is 10. The fourth-order valence-electron chi connectivity index (χ4n) is 4.67. The summed E-state index contributed by atoms with van der Waals surface area (Å²) in [5.41, 5.74) is -2.12. The molecule has 0 spiro atoms. The number of aromatic nitrogens is 2. The number of hydrogen-bond donors (Lipinski definition) is 1. The van der Waals surface area contributed by atoms with E-state index in [2.05, 4.69) is 16.9 Å². The number of aliphatic hydroxyl groups excluding tert-OH is 1. The molecule has 0 saturated heterocycles. The highest BCUT2D eigenvalue weighted by Crippen LogP contribution is 2.37. The maximum Gasteiger partial charge on any atom is 0.333 e. The number of fused-ring (bicyclic) bond motifs is 1. The molecule has 1 N–H and O–H groups in total. The molecule has 0 bridgehead atoms. The Labute approximate surface area is 250 Å². The van der Waals surface area contributed by atoms with E-state index in [0.29, 0.717) is 10.6 Å². The molecule has 0 saturated carbocycles. The molecule has 13 heteroatoms. The molecule has 0 radical (unpaired) electrons. The summed E-state index contributed by atoms with van der Waals surface area (Å²) in [5, 5.41) is 21.0. The van der Waals surface area contributed by atoms with Crippen molar-refractivity contribution in [2.24, 2.45) is 10.2 Å². The summed E-state index contributed by atoms with van der Waals surface area (Å²) in [7, 11) is 1.37. The zero-order valence-corrected chi connectivity index (χ0v) is 25.2. The Bertz CT molecular complexity index is 1810. The van der Waals surface area contributed by atoms with Crippen molar-refractivity contribution in [3.63, 3.8) is 0 Å². The summed E-state index contributed by atoms with van der Waals surface area (Å²) < 4.78 is 27.0. The van der Waals surface area contributed by atoms with Crippen LogP contribution >= 0.6 is 11.3 Å². The third-order valence-electron chi connectivity index (χ3n) is 6.91. The number of rotatable bonds is 11. The van der Waals surface area contributed by atoms with Crippen LogP contribution in [0.1, 0.15) is 43.6 Å². The number of carbonyl (C=O) groups is 1. The van der Waals surface area contributed by atoms with Crippen LogP contribution in [0.2, 0.25) is 0 Å². The molecule has 0 aliphatic carbocycles. The van der Waals surface area contributed by atoms with E-state index in [1.807, 2.05) is 6.07 Å². The first kappa shape index (κ1) is 31.3. The van der Waals surface area contributed by atoms with Crippen molar-refractivity contribution in [2.75, 3.05) is 12.2 Å². The van der Waals surface area contributed by atoms with E-state index in [4.69, 9.17) is 9.47 Å². The number of methoxy groups -OCH3 is 1. The fraction of sp³-hybridized carbons (Fsp3) is 0.300. The first-order valence-corrected chi connectivity index (χ1v) is 14.0. The molecule has 2 aromatic heterocycles. The Hall–Kier alpha value is -4.62. The predicted octanol–water partition coefficient (Wildman–Crippen LogP) is 4.32. The van der Waals surface area contributed by atoms with Crippen molar-refractivity contribution in [3.05, 3.63) is 91.9 Å². The lowest BCUT2D eigenvalue weighted by Gasteiger charge is -2.26. The van der Waals surface area contributed by atoms with Crippen molar-refractivity contribution >= 4 is 45.5 Å². The zero-order valence-electron chi connectivity index (χ0n) is 24.4. The highest BCUT2D eigenvalue weighted by Gasteiger charge is 2.37. The van der Waals surface area contributed by atoms with Crippen LogP contribution in [0.15, 0.2) is 68.3 Å². The van der Waals surface area contributed by atoms with Crippen LogP contribution in [0.5, 0.6) is 5.75 Å². The lowest BCUT2D eigenvalue weighted by molar-refractivity contribution is -0.154. The molecule has 0 unspecified atom stereocenters. The number of aryl methyl sites for hydroxylation is 1. The van der Waals surface area contributed by atoms with Crippen LogP contribution < -0.4 is 21.1 Å². The van der Waals surface area contributed by atoms with E-state index >= 15 is 0 Å². The minimum absolute atomic E-state index is 0.0665. The number of esters is 1. The second kappa shape index (κ2) is 12.7. The summed E-state index contributed by atoms with van der Waals surface area (Å²) in [6.07, 6.45) is 0.0502. The topological polar surface area (TPSA) is 128 Å². The van der Waals surface area contributed by atoms with Gasteiger partial charge in [-0.3, -0.25) is 9.36 Å². The molecule has 0 aliphatic rings. The third-order valence-corrected chi connectivity index (χ3v) is 8.19. The molecule has 0 aliphatic heterocycles. The highest BCUT2D eigenvalue weighted by molar-refractivity contribution is 7.22. The zero-order chi connectivity index (χ0) is 31.5. The average Bonchev–Trinajstić information content (AvgIpc) is 3.33. The van der Waals surface area contributed by atoms with Crippen molar-refractivity contribution < 1.29 is 23.8 Å². The van der Waals surface area contributed by atoms with Crippen molar-refractivity contribution in [3.8, 4) is 5.75 Å². The molecule has 1 atom stereocenters. The summed E-state index contributed by atoms with van der Waals surface area (Å²) in [5.74, 6) is -1.22. The van der Waals surface area contributed by atoms with Gasteiger partial charge in [-0.2, -0.15) is 10.2 Å². The molecule has 0 fully saturated rings. The van der Waals surface area contributed by atoms with Gasteiger partial charge >= 0.3 is 11.7 Å². The van der Waals surface area contributed by atoms with Crippen LogP contribution in [-0.4, -0.2) is 40.3 Å². The van der Waals surface area contributed by atoms with E-state index in [9.17, 15) is 23.9 Å². The minimum Gasteiger partial charge on any atom is -0.496 e. The van der Waals surface area contributed by atoms with Gasteiger partial charge in [0.2, 0.25) is 0 Å². The van der Waals surface area contributed by atoms with Gasteiger partial charge in [-0.15, -0.1) is 5.12 Å². The van der Waals surface area contributed by atoms with Crippen LogP contribution in [-0.2, 0) is 28.2 Å². The van der Waals surface area contributed by atoms with Gasteiger partial charge in [0.05, 0.1) is 19.0 Å². The molecule has 4 rings (SSSR count). The summed E-state index contributed by atoms with van der Waals surface area (Å²) >= 11 is 1.03. The normalized spacial score (nSPS) is 12.4. The molecule has 43 heavy (non-hydrogen) atoms. The van der Waals surface area contributed by atoms with Gasteiger partial charge in [0.1, 0.15) is 39.6 Å². The molecule has 11 nitrogen and oxygen atoms in total. The quantitative estimate of drug-likeness (QED) is 0.152. The Balaban J connectivity index is 1.93. The summed E-state index contributed by atoms with van der Waals surface area (Å²) in [6, 6.07) is 12.6. The largest absolute Gasteiger partial charge is 0.496 e. The third kappa shape index (κ3) is 5.99. The van der Waals surface area contributed by atoms with Gasteiger partial charge in [0.25, 0.3) is 5.56 Å². The standard InChI is InChI=1S/C30H32FN5O6S/c1-7-33-36(32-5)26-18(2)24-25(38)35(30(3,4)28(39)42-17-19-11-9-8-10-12-19)29(40)34(27(24)43-26)16-22(37)21-15-20(31)13-14-23(21)41-6/h7-15,22,37H,5,16-17H2,1-4,6H3/b33-7-/t22-/m0/s1. The number of thiophene rings is 1. The van der Waals surface area contributed by atoms with E-state index in [1.54, 1.807) is 38.1 Å². The Morgan fingerprint density at radius 3 is 2.56 bits per heavy atom. The Morgan fingerprint density at radius 2 is 1.93 bits per heavy atom. The van der Waals surface area contributed by atoms with Gasteiger partial charge in [0, 0.05) is 24.1 Å². The monoisotopic (exact) mass is 609 g/mol. The molecule has 2 aromatic carbocycles. The second-order valence-electron chi connectivity index (χ2n) is 10.1. The smallest absolute Gasteiger partial charge is 0.333 e. The SMILES string of the molecule is C=NN(/N=C\C)c1sc2c(c1C)c(=O)n(C(C)(C)C(=O)OCc1ccccc1)c(=O)n2C[C@H](O)c1cc(F)ccc1OC. The summed E-state index contributed by atoms with van der Waals surface area (Å²) in [4.78, 5) is 41.8. The van der Waals surface area contributed by atoms with Crippen molar-refractivity contribution in [1.82, 2.24) is 9.13 Å². The fourth-order valence-corrected chi connectivity index (χ4v) is 5.90. The van der Waals surface area contributed by atoms with Crippen LogP contribution in [0.25, 0.3) is 10.2 Å². The van der Waals surface area contributed by atoms with Gasteiger partial charge in [-0.25, -0.2) is 18.5 Å². The Kier molecular flexibility index (Phi) is 9.26. The minimum atomic E-state index is -1.76. The van der Waals surface area contributed by atoms with Crippen LogP contribution in [0, 0.1) is 12.7 Å². The maximum atomic E-state index is 14.2. The first-order chi connectivity index (χ1) is 20.5. The molecule has 0 amide bonds. The number of halogens is 1. The lowest BCUT2D eigenvalue weighted by Crippen LogP contribution is -2.53. The number of ether oxygens (including phenoxy) is 2. The average molecular weight is 610 g/mol. The second-order valence-corrected chi connectivity index (χ2v) is 11.1.